The molecule has 5 N–H and O–H groups in total. The Balaban J connectivity index is 1.38. The molecule has 0 aromatic heterocycles. The Labute approximate surface area is 164 Å². The van der Waals surface area contributed by atoms with Gasteiger partial charge in [-0.1, -0.05) is 18.2 Å². The van der Waals surface area contributed by atoms with Crippen molar-refractivity contribution in [3.8, 4) is 0 Å². The lowest BCUT2D eigenvalue weighted by Crippen LogP contribution is -2.44. The van der Waals surface area contributed by atoms with Crippen LogP contribution in [0.15, 0.2) is 27.8 Å². The lowest BCUT2D eigenvalue weighted by molar-refractivity contribution is -0.126. The molecule has 2 aliphatic heterocycles. The normalized spacial score (nSPS) is 18.3. The Morgan fingerprint density at radius 3 is 2.66 bits per heavy atom. The molecule has 29 heavy (non-hydrogen) atoms. The van der Waals surface area contributed by atoms with Crippen LogP contribution in [0.5, 0.6) is 0 Å². The third kappa shape index (κ3) is 3.44. The molecule has 0 radical (unpaired) electrons. The number of amides is 4. The highest BCUT2D eigenvalue weighted by atomic mass is 16.2. The smallest absolute Gasteiger partial charge is 0.322 e. The lowest BCUT2D eigenvalue weighted by Gasteiger charge is -2.32. The number of hydrogen-bond donors (Lipinski definition) is 4. The van der Waals surface area contributed by atoms with E-state index >= 15 is 0 Å². The van der Waals surface area contributed by atoms with E-state index in [0.717, 1.165) is 23.1 Å². The first-order valence-electron chi connectivity index (χ1n) is 9.16. The first-order valence-corrected chi connectivity index (χ1v) is 9.16. The summed E-state index contributed by atoms with van der Waals surface area (Å²) in [4.78, 5) is 59.6. The van der Waals surface area contributed by atoms with E-state index in [1.165, 1.54) is 0 Å². The van der Waals surface area contributed by atoms with Gasteiger partial charge in [0.25, 0.3) is 16.8 Å². The molecule has 10 heteroatoms. The average molecular weight is 397 g/mol. The van der Waals surface area contributed by atoms with Crippen LogP contribution in [0.1, 0.15) is 23.1 Å². The van der Waals surface area contributed by atoms with Gasteiger partial charge in [0, 0.05) is 19.6 Å². The van der Waals surface area contributed by atoms with Gasteiger partial charge in [0.15, 0.2) is 0 Å². The Morgan fingerprint density at radius 2 is 1.97 bits per heavy atom. The van der Waals surface area contributed by atoms with Gasteiger partial charge in [-0.15, -0.1) is 0 Å². The van der Waals surface area contributed by atoms with Crippen molar-refractivity contribution in [1.82, 2.24) is 16.0 Å². The van der Waals surface area contributed by atoms with Crippen molar-refractivity contribution in [2.45, 2.75) is 32.0 Å². The standard InChI is InChI=1S/C19H19N5O5/c20-14-15(17(27)16(14)26)24-4-3-10-2-1-9(5-11(10)8-24)7-21-13(25)6-12-18(28)23-19(29)22-12/h1-2,5,12H,3-4,6-8,20H2,(H,21,25)(H2,22,23,28,29). The molecule has 0 bridgehead atoms. The van der Waals surface area contributed by atoms with E-state index in [1.807, 2.05) is 23.1 Å². The van der Waals surface area contributed by atoms with Crippen LogP contribution >= 0.6 is 0 Å². The molecule has 1 unspecified atom stereocenters. The highest BCUT2D eigenvalue weighted by Gasteiger charge is 2.31. The maximum absolute atomic E-state index is 12.1. The van der Waals surface area contributed by atoms with Gasteiger partial charge < -0.3 is 21.3 Å². The van der Waals surface area contributed by atoms with E-state index in [1.54, 1.807) is 0 Å². The largest absolute Gasteiger partial charge is 0.394 e. The number of carbonyl (C=O) groups excluding carboxylic acids is 3. The summed E-state index contributed by atoms with van der Waals surface area (Å²) < 4.78 is 0. The number of nitrogens with one attached hydrogen (secondary N) is 3. The first-order chi connectivity index (χ1) is 13.8. The number of nitrogens with two attached hydrogens (primary N) is 1. The van der Waals surface area contributed by atoms with E-state index < -0.39 is 28.8 Å². The molecule has 10 nitrogen and oxygen atoms in total. The number of rotatable bonds is 5. The Bertz CT molecular complexity index is 1100. The predicted octanol–water partition coefficient (Wildman–Crippen LogP) is -1.36. The van der Waals surface area contributed by atoms with Crippen LogP contribution in [0.2, 0.25) is 0 Å². The van der Waals surface area contributed by atoms with Crippen molar-refractivity contribution in [1.29, 1.82) is 0 Å². The number of fused-ring (bicyclic) bond motifs is 1. The third-order valence-electron chi connectivity index (χ3n) is 5.26. The van der Waals surface area contributed by atoms with Crippen LogP contribution in [-0.4, -0.2) is 30.4 Å². The monoisotopic (exact) mass is 397 g/mol. The molecule has 2 heterocycles. The van der Waals surface area contributed by atoms with Crippen LogP contribution in [0.25, 0.3) is 0 Å². The predicted molar refractivity (Wildman–Crippen MR) is 104 cm³/mol. The summed E-state index contributed by atoms with van der Waals surface area (Å²) in [7, 11) is 0. The average Bonchev–Trinajstić information content (AvgIpc) is 3.02. The van der Waals surface area contributed by atoms with Crippen LogP contribution in [0.3, 0.4) is 0 Å². The van der Waals surface area contributed by atoms with Crippen LogP contribution < -0.4 is 37.4 Å². The molecular weight excluding hydrogens is 378 g/mol. The van der Waals surface area contributed by atoms with Gasteiger partial charge in [0.05, 0.1) is 6.42 Å². The van der Waals surface area contributed by atoms with Gasteiger partial charge in [0.1, 0.15) is 17.4 Å². The van der Waals surface area contributed by atoms with Gasteiger partial charge in [-0.2, -0.15) is 0 Å². The van der Waals surface area contributed by atoms with E-state index in [-0.39, 0.29) is 30.2 Å². The molecule has 0 spiro atoms. The minimum absolute atomic E-state index is 0.0184. The fourth-order valence-corrected chi connectivity index (χ4v) is 3.68. The number of anilines is 2. The summed E-state index contributed by atoms with van der Waals surface area (Å²) in [6, 6.07) is 4.36. The SMILES string of the molecule is Nc1c(N2CCc3ccc(CNC(=O)CC4NC(=O)NC4=O)cc3C2)c(=O)c1=O. The van der Waals surface area contributed by atoms with Crippen LogP contribution in [0, 0.1) is 0 Å². The summed E-state index contributed by atoms with van der Waals surface area (Å²) in [5, 5.41) is 7.19. The van der Waals surface area contributed by atoms with E-state index in [9.17, 15) is 24.0 Å². The molecule has 2 aromatic rings. The zero-order valence-corrected chi connectivity index (χ0v) is 15.4. The van der Waals surface area contributed by atoms with Crippen molar-refractivity contribution < 1.29 is 14.4 Å². The second-order valence-corrected chi connectivity index (χ2v) is 7.19. The number of nitrogens with zero attached hydrogens (tertiary/aromatic N) is 1. The fraction of sp³-hybridized carbons (Fsp3) is 0.316. The van der Waals surface area contributed by atoms with Gasteiger partial charge in [-0.3, -0.25) is 24.5 Å². The minimum Gasteiger partial charge on any atom is -0.394 e. The minimum atomic E-state index is -0.860. The quantitative estimate of drug-likeness (QED) is 0.359. The summed E-state index contributed by atoms with van der Waals surface area (Å²) in [5.74, 6) is -0.875. The number of hydrogen-bond acceptors (Lipinski definition) is 7. The highest BCUT2D eigenvalue weighted by molar-refractivity contribution is 6.05. The van der Waals surface area contributed by atoms with E-state index in [0.29, 0.717) is 13.1 Å². The summed E-state index contributed by atoms with van der Waals surface area (Å²) in [6.45, 7) is 1.32. The van der Waals surface area contributed by atoms with Crippen molar-refractivity contribution >= 4 is 29.2 Å². The molecule has 4 amide bonds. The molecule has 150 valence electrons. The molecule has 1 atom stereocenters. The summed E-state index contributed by atoms with van der Waals surface area (Å²) in [6.07, 6.45) is 0.580. The number of carbonyl (C=O) groups is 3. The van der Waals surface area contributed by atoms with Crippen LogP contribution in [-0.2, 0) is 29.1 Å². The van der Waals surface area contributed by atoms with Gasteiger partial charge in [-0.05, 0) is 23.1 Å². The van der Waals surface area contributed by atoms with Gasteiger partial charge in [-0.25, -0.2) is 4.79 Å². The molecule has 4 rings (SSSR count). The Kier molecular flexibility index (Phi) is 4.53. The van der Waals surface area contributed by atoms with Crippen molar-refractivity contribution in [2.24, 2.45) is 0 Å². The number of nitrogen functional groups attached to an aromatic ring is 1. The first kappa shape index (κ1) is 18.7. The van der Waals surface area contributed by atoms with Crippen molar-refractivity contribution in [2.75, 3.05) is 17.2 Å². The van der Waals surface area contributed by atoms with Crippen molar-refractivity contribution in [3.05, 3.63) is 55.3 Å². The topological polar surface area (TPSA) is 151 Å². The fourth-order valence-electron chi connectivity index (χ4n) is 3.68. The van der Waals surface area contributed by atoms with E-state index in [2.05, 4.69) is 16.0 Å². The van der Waals surface area contributed by atoms with Gasteiger partial charge in [0.2, 0.25) is 5.91 Å². The summed E-state index contributed by atoms with van der Waals surface area (Å²) in [5.41, 5.74) is 7.80. The molecule has 1 fully saturated rings. The number of imide groups is 1. The van der Waals surface area contributed by atoms with Crippen LogP contribution in [0.4, 0.5) is 16.2 Å². The molecule has 2 aromatic carbocycles. The van der Waals surface area contributed by atoms with E-state index in [4.69, 9.17) is 5.73 Å². The maximum atomic E-state index is 12.1. The lowest BCUT2D eigenvalue weighted by atomic mass is 9.96. The van der Waals surface area contributed by atoms with Gasteiger partial charge >= 0.3 is 6.03 Å². The Morgan fingerprint density at radius 1 is 1.17 bits per heavy atom. The third-order valence-corrected chi connectivity index (χ3v) is 5.26. The molecular formula is C19H19N5O5. The molecule has 1 saturated heterocycles. The molecule has 0 aliphatic carbocycles. The Hall–Kier alpha value is -3.69. The molecule has 2 aliphatic rings. The zero-order valence-electron chi connectivity index (χ0n) is 15.4. The summed E-state index contributed by atoms with van der Waals surface area (Å²) >= 11 is 0. The number of benzene rings is 1. The second-order valence-electron chi connectivity index (χ2n) is 7.19. The maximum Gasteiger partial charge on any atom is 0.322 e. The van der Waals surface area contributed by atoms with Crippen molar-refractivity contribution in [3.63, 3.8) is 0 Å². The number of urea groups is 1. The zero-order chi connectivity index (χ0) is 20.7. The molecule has 0 saturated carbocycles. The highest BCUT2D eigenvalue weighted by Crippen LogP contribution is 2.26. The second kappa shape index (κ2) is 7.04.